The van der Waals surface area contributed by atoms with Crippen molar-refractivity contribution >= 4 is 38.8 Å². The van der Waals surface area contributed by atoms with E-state index in [1.807, 2.05) is 13.0 Å². The lowest BCUT2D eigenvalue weighted by Gasteiger charge is -2.05. The van der Waals surface area contributed by atoms with Crippen LogP contribution in [0.15, 0.2) is 37.2 Å². The summed E-state index contributed by atoms with van der Waals surface area (Å²) in [7, 11) is 0. The van der Waals surface area contributed by atoms with E-state index < -0.39 is 5.97 Å². The number of carbonyl (C=O) groups excluding carboxylic acids is 1. The van der Waals surface area contributed by atoms with Crippen molar-refractivity contribution in [1.29, 1.82) is 0 Å². The first kappa shape index (κ1) is 17.5. The second-order valence-electron chi connectivity index (χ2n) is 5.36. The molecule has 8 nitrogen and oxygen atoms in total. The maximum absolute atomic E-state index is 11.7. The Balaban J connectivity index is 1.95. The van der Waals surface area contributed by atoms with E-state index in [0.717, 1.165) is 5.56 Å². The van der Waals surface area contributed by atoms with Crippen LogP contribution in [0.1, 0.15) is 16.1 Å². The van der Waals surface area contributed by atoms with Gasteiger partial charge in [-0.15, -0.1) is 6.58 Å². The van der Waals surface area contributed by atoms with E-state index in [-0.39, 0.29) is 11.6 Å². The van der Waals surface area contributed by atoms with Crippen molar-refractivity contribution in [3.8, 4) is 11.1 Å². The van der Waals surface area contributed by atoms with Gasteiger partial charge in [0.2, 0.25) is 0 Å². The smallest absolute Gasteiger partial charge is 0.337 e. The molecule has 3 heterocycles. The van der Waals surface area contributed by atoms with Crippen molar-refractivity contribution in [1.82, 2.24) is 20.3 Å². The fourth-order valence-corrected chi connectivity index (χ4v) is 3.17. The summed E-state index contributed by atoms with van der Waals surface area (Å²) >= 11 is 1.26. The third-order valence-electron chi connectivity index (χ3n) is 3.50. The van der Waals surface area contributed by atoms with Crippen LogP contribution in [0, 0.1) is 6.92 Å². The first-order chi connectivity index (χ1) is 12.5. The van der Waals surface area contributed by atoms with Gasteiger partial charge in [-0.25, -0.2) is 19.6 Å². The minimum Gasteiger partial charge on any atom is -0.478 e. The number of amides is 2. The quantitative estimate of drug-likeness (QED) is 0.595. The Bertz CT molecular complexity index is 1010. The van der Waals surface area contributed by atoms with Gasteiger partial charge in [0.1, 0.15) is 10.3 Å². The Morgan fingerprint density at radius 3 is 2.85 bits per heavy atom. The zero-order chi connectivity index (χ0) is 18.7. The van der Waals surface area contributed by atoms with Crippen LogP contribution >= 0.6 is 11.3 Å². The highest BCUT2D eigenvalue weighted by atomic mass is 32.1. The van der Waals surface area contributed by atoms with Gasteiger partial charge in [-0.1, -0.05) is 17.4 Å². The summed E-state index contributed by atoms with van der Waals surface area (Å²) in [5.74, 6) is -1.04. The standard InChI is InChI=1S/C17H15N5O3S/c1-3-4-19-16(25)22-17-21-13-6-12(9(2)20-14(13)26-17)10-5-11(15(23)24)8-18-7-10/h3,5-8H,1,4H2,2H3,(H,23,24)(H2,19,21,22,25). The number of nitrogens with zero attached hydrogens (tertiary/aromatic N) is 3. The molecule has 132 valence electrons. The molecule has 3 N–H and O–H groups in total. The molecule has 0 aromatic carbocycles. The number of pyridine rings is 2. The predicted octanol–water partition coefficient (Wildman–Crippen LogP) is 3.07. The first-order valence-corrected chi connectivity index (χ1v) is 8.42. The van der Waals surface area contributed by atoms with Gasteiger partial charge in [0.05, 0.1) is 5.56 Å². The molecule has 2 amide bonds. The Kier molecular flexibility index (Phi) is 4.90. The molecule has 0 atom stereocenters. The third kappa shape index (κ3) is 3.67. The number of aromatic carboxylic acids is 1. The number of carboxylic acid groups (broad SMARTS) is 1. The Hall–Kier alpha value is -3.33. The van der Waals surface area contributed by atoms with Gasteiger partial charge in [0.25, 0.3) is 0 Å². The number of fused-ring (bicyclic) bond motifs is 1. The van der Waals surface area contributed by atoms with Crippen LogP contribution in [0.3, 0.4) is 0 Å². The van der Waals surface area contributed by atoms with Crippen LogP contribution in [0.2, 0.25) is 0 Å². The largest absolute Gasteiger partial charge is 0.478 e. The van der Waals surface area contributed by atoms with Gasteiger partial charge >= 0.3 is 12.0 Å². The van der Waals surface area contributed by atoms with Crippen molar-refractivity contribution in [2.45, 2.75) is 6.92 Å². The molecule has 3 rings (SSSR count). The average molecular weight is 369 g/mol. The summed E-state index contributed by atoms with van der Waals surface area (Å²) in [5.41, 5.74) is 2.80. The van der Waals surface area contributed by atoms with E-state index >= 15 is 0 Å². The van der Waals surface area contributed by atoms with Crippen LogP contribution in [0.5, 0.6) is 0 Å². The highest BCUT2D eigenvalue weighted by molar-refractivity contribution is 7.21. The third-order valence-corrected chi connectivity index (χ3v) is 4.38. The van der Waals surface area contributed by atoms with Crippen LogP contribution < -0.4 is 10.6 Å². The number of anilines is 1. The van der Waals surface area contributed by atoms with Gasteiger partial charge in [0.15, 0.2) is 5.13 Å². The second kappa shape index (κ2) is 7.28. The number of aromatic nitrogens is 3. The fourth-order valence-electron chi connectivity index (χ4n) is 2.31. The summed E-state index contributed by atoms with van der Waals surface area (Å²) < 4.78 is 0. The highest BCUT2D eigenvalue weighted by Crippen LogP contribution is 2.30. The van der Waals surface area contributed by atoms with E-state index in [1.165, 1.54) is 17.5 Å². The van der Waals surface area contributed by atoms with E-state index in [0.29, 0.717) is 33.3 Å². The molecule has 0 spiro atoms. The number of rotatable bonds is 5. The van der Waals surface area contributed by atoms with Crippen LogP contribution in [-0.2, 0) is 0 Å². The van der Waals surface area contributed by atoms with Crippen molar-refractivity contribution in [2.24, 2.45) is 0 Å². The lowest BCUT2D eigenvalue weighted by molar-refractivity contribution is 0.0696. The van der Waals surface area contributed by atoms with Crippen LogP contribution in [0.25, 0.3) is 21.5 Å². The summed E-state index contributed by atoms with van der Waals surface area (Å²) in [6.07, 6.45) is 4.45. The van der Waals surface area contributed by atoms with E-state index in [9.17, 15) is 9.59 Å². The van der Waals surface area contributed by atoms with E-state index in [2.05, 4.69) is 32.2 Å². The molecular weight excluding hydrogens is 354 g/mol. The number of carbonyl (C=O) groups is 2. The molecule has 3 aromatic heterocycles. The topological polar surface area (TPSA) is 117 Å². The number of hydrogen-bond donors (Lipinski definition) is 3. The lowest BCUT2D eigenvalue weighted by Crippen LogP contribution is -2.28. The summed E-state index contributed by atoms with van der Waals surface area (Å²) in [6.45, 7) is 5.71. The molecule has 0 aliphatic carbocycles. The van der Waals surface area contributed by atoms with Gasteiger partial charge in [0, 0.05) is 35.8 Å². The Morgan fingerprint density at radius 1 is 1.31 bits per heavy atom. The van der Waals surface area contributed by atoms with Crippen molar-refractivity contribution in [2.75, 3.05) is 11.9 Å². The van der Waals surface area contributed by atoms with Crippen LogP contribution in [-0.4, -0.2) is 38.6 Å². The van der Waals surface area contributed by atoms with Gasteiger partial charge in [-0.2, -0.15) is 0 Å². The van der Waals surface area contributed by atoms with Crippen LogP contribution in [0.4, 0.5) is 9.93 Å². The minimum atomic E-state index is -1.04. The van der Waals surface area contributed by atoms with Crippen molar-refractivity contribution in [3.63, 3.8) is 0 Å². The zero-order valence-electron chi connectivity index (χ0n) is 13.8. The first-order valence-electron chi connectivity index (χ1n) is 7.60. The molecule has 26 heavy (non-hydrogen) atoms. The summed E-state index contributed by atoms with van der Waals surface area (Å²) in [4.78, 5) is 36.4. The fraction of sp³-hybridized carbons (Fsp3) is 0.118. The minimum absolute atomic E-state index is 0.0986. The zero-order valence-corrected chi connectivity index (χ0v) is 14.6. The molecule has 0 saturated carbocycles. The highest BCUT2D eigenvalue weighted by Gasteiger charge is 2.13. The molecule has 0 unspecified atom stereocenters. The Labute approximate surface area is 152 Å². The second-order valence-corrected chi connectivity index (χ2v) is 6.33. The number of aryl methyl sites for hydroxylation is 1. The van der Waals surface area contributed by atoms with E-state index in [1.54, 1.807) is 18.3 Å². The molecule has 0 aliphatic rings. The maximum Gasteiger partial charge on any atom is 0.337 e. The molecule has 0 bridgehead atoms. The van der Waals surface area contributed by atoms with Gasteiger partial charge in [-0.05, 0) is 19.1 Å². The number of urea groups is 1. The molecule has 0 radical (unpaired) electrons. The number of carboxylic acids is 1. The molecule has 9 heteroatoms. The number of nitrogens with one attached hydrogen (secondary N) is 2. The maximum atomic E-state index is 11.7. The number of hydrogen-bond acceptors (Lipinski definition) is 6. The predicted molar refractivity (Wildman–Crippen MR) is 99.6 cm³/mol. The van der Waals surface area contributed by atoms with Crippen molar-refractivity contribution in [3.05, 3.63) is 48.4 Å². The van der Waals surface area contributed by atoms with Gasteiger partial charge in [-0.3, -0.25) is 10.3 Å². The monoisotopic (exact) mass is 369 g/mol. The molecule has 0 saturated heterocycles. The lowest BCUT2D eigenvalue weighted by atomic mass is 10.0. The average Bonchev–Trinajstić information content (AvgIpc) is 3.00. The Morgan fingerprint density at radius 2 is 2.12 bits per heavy atom. The molecular formula is C17H15N5O3S. The van der Waals surface area contributed by atoms with Crippen molar-refractivity contribution < 1.29 is 14.7 Å². The normalized spacial score (nSPS) is 10.5. The molecule has 0 aliphatic heterocycles. The van der Waals surface area contributed by atoms with Gasteiger partial charge < -0.3 is 10.4 Å². The molecule has 3 aromatic rings. The summed E-state index contributed by atoms with van der Waals surface area (Å²) in [6, 6.07) is 2.97. The molecule has 0 fully saturated rings. The SMILES string of the molecule is C=CCNC(=O)Nc1nc2cc(-c3cncc(C(=O)O)c3)c(C)nc2s1. The number of thiazole rings is 1. The summed E-state index contributed by atoms with van der Waals surface area (Å²) in [5, 5.41) is 14.8. The van der Waals surface area contributed by atoms with E-state index in [4.69, 9.17) is 5.11 Å².